The highest BCUT2D eigenvalue weighted by Crippen LogP contribution is 2.24. The molecule has 0 aliphatic carbocycles. The lowest BCUT2D eigenvalue weighted by atomic mass is 9.97. The van der Waals surface area contributed by atoms with Crippen molar-refractivity contribution in [2.75, 3.05) is 7.11 Å². The molecule has 132 valence electrons. The first-order valence-electron chi connectivity index (χ1n) is 7.95. The second-order valence-electron chi connectivity index (χ2n) is 5.79. The van der Waals surface area contributed by atoms with Crippen LogP contribution < -0.4 is 10.5 Å². The van der Waals surface area contributed by atoms with Gasteiger partial charge in [-0.1, -0.05) is 48.5 Å². The summed E-state index contributed by atoms with van der Waals surface area (Å²) in [7, 11) is 1.67. The van der Waals surface area contributed by atoms with Gasteiger partial charge >= 0.3 is 0 Å². The van der Waals surface area contributed by atoms with Crippen molar-refractivity contribution in [3.8, 4) is 17.1 Å². The minimum Gasteiger partial charge on any atom is -0.497 e. The molecule has 1 unspecified atom stereocenters. The zero-order valence-electron chi connectivity index (χ0n) is 14.3. The van der Waals surface area contributed by atoms with Crippen LogP contribution in [0.4, 0.5) is 0 Å². The van der Waals surface area contributed by atoms with Gasteiger partial charge in [0.2, 0.25) is 11.7 Å². The van der Waals surface area contributed by atoms with Crippen LogP contribution >= 0.6 is 12.4 Å². The Hall–Kier alpha value is -2.37. The van der Waals surface area contributed by atoms with E-state index in [9.17, 15) is 0 Å². The molecule has 6 heteroatoms. The number of halogens is 1. The van der Waals surface area contributed by atoms with E-state index in [0.717, 1.165) is 16.9 Å². The molecule has 0 aliphatic heterocycles. The smallest absolute Gasteiger partial charge is 0.227 e. The van der Waals surface area contributed by atoms with Crippen LogP contribution in [0.5, 0.6) is 5.75 Å². The van der Waals surface area contributed by atoms with Crippen LogP contribution in [0, 0.1) is 0 Å². The lowest BCUT2D eigenvalue weighted by Crippen LogP contribution is -1.99. The summed E-state index contributed by atoms with van der Waals surface area (Å²) in [6, 6.07) is 15.9. The molecule has 1 aromatic heterocycles. The summed E-state index contributed by atoms with van der Waals surface area (Å²) in [4.78, 5) is 4.50. The summed E-state index contributed by atoms with van der Waals surface area (Å²) in [5.74, 6) is 2.34. The molecule has 0 aliphatic rings. The minimum atomic E-state index is 0. The molecule has 3 rings (SSSR count). The second-order valence-corrected chi connectivity index (χ2v) is 5.79. The summed E-state index contributed by atoms with van der Waals surface area (Å²) < 4.78 is 10.7. The van der Waals surface area contributed by atoms with Gasteiger partial charge in [0.25, 0.3) is 0 Å². The molecule has 0 saturated heterocycles. The van der Waals surface area contributed by atoms with E-state index in [4.69, 9.17) is 15.0 Å². The minimum absolute atomic E-state index is 0. The number of methoxy groups -OCH3 is 1. The molecule has 1 atom stereocenters. The van der Waals surface area contributed by atoms with Crippen molar-refractivity contribution in [2.45, 2.75) is 25.8 Å². The fraction of sp³-hybridized carbons (Fsp3) is 0.263. The van der Waals surface area contributed by atoms with Crippen LogP contribution in [0.2, 0.25) is 0 Å². The fourth-order valence-electron chi connectivity index (χ4n) is 2.57. The lowest BCUT2D eigenvalue weighted by Gasteiger charge is -2.10. The number of aromatic nitrogens is 2. The van der Waals surface area contributed by atoms with Crippen LogP contribution in [0.15, 0.2) is 53.1 Å². The van der Waals surface area contributed by atoms with Crippen molar-refractivity contribution in [3.63, 3.8) is 0 Å². The topological polar surface area (TPSA) is 74.2 Å². The predicted molar refractivity (Wildman–Crippen MR) is 100.0 cm³/mol. The van der Waals surface area contributed by atoms with Crippen molar-refractivity contribution < 1.29 is 9.26 Å². The Morgan fingerprint density at radius 2 is 1.92 bits per heavy atom. The first kappa shape index (κ1) is 19.0. The number of hydrogen-bond acceptors (Lipinski definition) is 5. The van der Waals surface area contributed by atoms with Gasteiger partial charge in [0.1, 0.15) is 5.75 Å². The summed E-state index contributed by atoms with van der Waals surface area (Å²) >= 11 is 0. The molecule has 0 fully saturated rings. The van der Waals surface area contributed by atoms with Gasteiger partial charge in [-0.2, -0.15) is 4.98 Å². The highest BCUT2D eigenvalue weighted by atomic mass is 35.5. The molecular formula is C19H22ClN3O2. The van der Waals surface area contributed by atoms with E-state index in [1.54, 1.807) is 7.11 Å². The number of hydrogen-bond donors (Lipinski definition) is 1. The Morgan fingerprint density at radius 1 is 1.16 bits per heavy atom. The van der Waals surface area contributed by atoms with Crippen LogP contribution in [-0.4, -0.2) is 17.3 Å². The van der Waals surface area contributed by atoms with Gasteiger partial charge in [-0.25, -0.2) is 0 Å². The van der Waals surface area contributed by atoms with E-state index in [-0.39, 0.29) is 18.3 Å². The maximum Gasteiger partial charge on any atom is 0.227 e. The number of nitrogens with zero attached hydrogens (tertiary/aromatic N) is 2. The zero-order chi connectivity index (χ0) is 16.9. The third kappa shape index (κ3) is 4.59. The lowest BCUT2D eigenvalue weighted by molar-refractivity contribution is 0.371. The predicted octanol–water partition coefficient (Wildman–Crippen LogP) is 3.97. The van der Waals surface area contributed by atoms with Gasteiger partial charge in [-0.05, 0) is 29.2 Å². The molecule has 1 heterocycles. The number of rotatable bonds is 6. The van der Waals surface area contributed by atoms with Crippen molar-refractivity contribution in [1.82, 2.24) is 10.1 Å². The van der Waals surface area contributed by atoms with E-state index in [0.29, 0.717) is 24.7 Å². The molecule has 0 bridgehead atoms. The van der Waals surface area contributed by atoms with Crippen molar-refractivity contribution >= 4 is 12.4 Å². The van der Waals surface area contributed by atoms with E-state index in [1.807, 2.05) is 42.5 Å². The van der Waals surface area contributed by atoms with Gasteiger partial charge in [0.05, 0.1) is 7.11 Å². The van der Waals surface area contributed by atoms with Crippen LogP contribution in [0.25, 0.3) is 11.4 Å². The Kier molecular flexibility index (Phi) is 6.56. The first-order valence-corrected chi connectivity index (χ1v) is 7.95. The molecule has 25 heavy (non-hydrogen) atoms. The molecule has 0 amide bonds. The SMILES string of the molecule is COc1cccc(C(C)Cc2nc(-c3ccc(CN)cc3)no2)c1.Cl. The van der Waals surface area contributed by atoms with Crippen molar-refractivity contribution in [3.05, 3.63) is 65.5 Å². The first-order chi connectivity index (χ1) is 11.7. The van der Waals surface area contributed by atoms with Gasteiger partial charge in [0.15, 0.2) is 0 Å². The van der Waals surface area contributed by atoms with E-state index in [1.165, 1.54) is 5.56 Å². The molecule has 0 radical (unpaired) electrons. The van der Waals surface area contributed by atoms with Crippen molar-refractivity contribution in [2.24, 2.45) is 5.73 Å². The highest BCUT2D eigenvalue weighted by molar-refractivity contribution is 5.85. The number of benzene rings is 2. The summed E-state index contributed by atoms with van der Waals surface area (Å²) in [5, 5.41) is 4.08. The number of ether oxygens (including phenoxy) is 1. The van der Waals surface area contributed by atoms with Gasteiger partial charge in [-0.3, -0.25) is 0 Å². The number of nitrogens with two attached hydrogens (primary N) is 1. The van der Waals surface area contributed by atoms with Crippen LogP contribution in [0.1, 0.15) is 29.9 Å². The Bertz CT molecular complexity index is 802. The summed E-state index contributed by atoms with van der Waals surface area (Å²) in [6.07, 6.45) is 0.682. The Balaban J connectivity index is 0.00000225. The molecule has 2 aromatic carbocycles. The second kappa shape index (κ2) is 8.65. The largest absolute Gasteiger partial charge is 0.497 e. The maximum atomic E-state index is 5.61. The van der Waals surface area contributed by atoms with Gasteiger partial charge < -0.3 is 15.0 Å². The molecule has 2 N–H and O–H groups in total. The Labute approximate surface area is 153 Å². The normalized spacial score (nSPS) is 11.6. The maximum absolute atomic E-state index is 5.61. The van der Waals surface area contributed by atoms with E-state index < -0.39 is 0 Å². The fourth-order valence-corrected chi connectivity index (χ4v) is 2.57. The molecule has 3 aromatic rings. The monoisotopic (exact) mass is 359 g/mol. The average Bonchev–Trinajstić information content (AvgIpc) is 3.10. The van der Waals surface area contributed by atoms with Crippen LogP contribution in [-0.2, 0) is 13.0 Å². The molecule has 0 spiro atoms. The molecule has 0 saturated carbocycles. The highest BCUT2D eigenvalue weighted by Gasteiger charge is 2.14. The van der Waals surface area contributed by atoms with Gasteiger partial charge in [-0.15, -0.1) is 12.4 Å². The summed E-state index contributed by atoms with van der Waals surface area (Å²) in [6.45, 7) is 2.66. The van der Waals surface area contributed by atoms with Crippen molar-refractivity contribution in [1.29, 1.82) is 0 Å². The molecule has 5 nitrogen and oxygen atoms in total. The van der Waals surface area contributed by atoms with E-state index >= 15 is 0 Å². The quantitative estimate of drug-likeness (QED) is 0.720. The van der Waals surface area contributed by atoms with Crippen LogP contribution in [0.3, 0.4) is 0 Å². The van der Waals surface area contributed by atoms with E-state index in [2.05, 4.69) is 23.1 Å². The zero-order valence-corrected chi connectivity index (χ0v) is 15.1. The third-order valence-electron chi connectivity index (χ3n) is 4.06. The standard InChI is InChI=1S/C19H21N3O2.ClH/c1-13(16-4-3-5-17(11-16)23-2)10-18-21-19(22-24-18)15-8-6-14(12-20)7-9-15;/h3-9,11,13H,10,12,20H2,1-2H3;1H. The third-order valence-corrected chi connectivity index (χ3v) is 4.06. The average molecular weight is 360 g/mol. The summed E-state index contributed by atoms with van der Waals surface area (Å²) in [5.41, 5.74) is 8.80. The Morgan fingerprint density at radius 3 is 2.60 bits per heavy atom. The molecular weight excluding hydrogens is 338 g/mol. The van der Waals surface area contributed by atoms with Gasteiger partial charge in [0, 0.05) is 18.5 Å².